The van der Waals surface area contributed by atoms with Crippen molar-refractivity contribution in [2.75, 3.05) is 0 Å². The Labute approximate surface area is 144 Å². The molecule has 0 aliphatic carbocycles. The molecule has 0 aliphatic heterocycles. The van der Waals surface area contributed by atoms with E-state index in [1.54, 1.807) is 6.07 Å². The van der Waals surface area contributed by atoms with Gasteiger partial charge in [-0.05, 0) is 34.6 Å². The van der Waals surface area contributed by atoms with Crippen molar-refractivity contribution in [1.82, 2.24) is 0 Å². The first-order valence-corrected chi connectivity index (χ1v) is 8.45. The van der Waals surface area contributed by atoms with Gasteiger partial charge in [-0.3, -0.25) is 0 Å². The molecule has 3 heteroatoms. The monoisotopic (exact) mass is 328 g/mol. The van der Waals surface area contributed by atoms with E-state index in [2.05, 4.69) is 45.9 Å². The van der Waals surface area contributed by atoms with Crippen LogP contribution in [-0.2, 0) is 5.41 Å². The van der Waals surface area contributed by atoms with Gasteiger partial charge in [0.1, 0.15) is 0 Å². The summed E-state index contributed by atoms with van der Waals surface area (Å²) in [7, 11) is 0. The van der Waals surface area contributed by atoms with Crippen molar-refractivity contribution in [2.24, 2.45) is 0 Å². The van der Waals surface area contributed by atoms with Gasteiger partial charge in [-0.2, -0.15) is 0 Å². The number of rotatable bonds is 4. The summed E-state index contributed by atoms with van der Waals surface area (Å²) in [6.07, 6.45) is 0. The Morgan fingerprint density at radius 3 is 1.71 bits per heavy atom. The lowest BCUT2D eigenvalue weighted by molar-refractivity contribution is 0.360. The molecule has 3 nitrogen and oxygen atoms in total. The lowest BCUT2D eigenvalue weighted by atomic mass is 9.75. The van der Waals surface area contributed by atoms with E-state index < -0.39 is 11.2 Å². The molecule has 2 aromatic rings. The molecule has 0 spiro atoms. The van der Waals surface area contributed by atoms with Crippen LogP contribution in [0.2, 0.25) is 0 Å². The van der Waals surface area contributed by atoms with Gasteiger partial charge >= 0.3 is 0 Å². The quantitative estimate of drug-likeness (QED) is 0.661. The Bertz CT molecular complexity index is 717. The van der Waals surface area contributed by atoms with Crippen LogP contribution in [0.3, 0.4) is 0 Å². The molecular formula is C21H28O3. The van der Waals surface area contributed by atoms with Gasteiger partial charge in [0.25, 0.3) is 0 Å². The van der Waals surface area contributed by atoms with Gasteiger partial charge in [0.15, 0.2) is 11.5 Å². The normalized spacial score (nSPS) is 12.2. The average molecular weight is 328 g/mol. The maximum Gasteiger partial charge on any atom is 0.200 e. The minimum Gasteiger partial charge on any atom is -0.504 e. The van der Waals surface area contributed by atoms with E-state index in [0.29, 0.717) is 17.4 Å². The number of phenolic OH excluding ortho intramolecular Hbond substituents is 3. The van der Waals surface area contributed by atoms with Crippen LogP contribution in [-0.4, -0.2) is 15.3 Å². The van der Waals surface area contributed by atoms with E-state index in [9.17, 15) is 15.3 Å². The summed E-state index contributed by atoms with van der Waals surface area (Å²) in [5.74, 6) is -0.239. The minimum atomic E-state index is -0.510. The van der Waals surface area contributed by atoms with Crippen LogP contribution in [0, 0.1) is 0 Å². The summed E-state index contributed by atoms with van der Waals surface area (Å²) in [5.41, 5.74) is 3.67. The minimum absolute atomic E-state index is 0.263. The third kappa shape index (κ3) is 3.21. The van der Waals surface area contributed by atoms with E-state index in [1.807, 2.05) is 13.8 Å². The summed E-state index contributed by atoms with van der Waals surface area (Å²) >= 11 is 0. The summed E-state index contributed by atoms with van der Waals surface area (Å²) in [5, 5.41) is 29.8. The van der Waals surface area contributed by atoms with Crippen molar-refractivity contribution in [3.8, 4) is 17.2 Å². The number of phenols is 3. The highest BCUT2D eigenvalue weighted by molar-refractivity contribution is 5.58. The molecule has 24 heavy (non-hydrogen) atoms. The van der Waals surface area contributed by atoms with Gasteiger partial charge in [0.05, 0.1) is 0 Å². The number of benzene rings is 2. The predicted molar refractivity (Wildman–Crippen MR) is 98.2 cm³/mol. The molecule has 2 rings (SSSR count). The van der Waals surface area contributed by atoms with Crippen molar-refractivity contribution >= 4 is 0 Å². The Morgan fingerprint density at radius 2 is 1.25 bits per heavy atom. The second-order valence-electron chi connectivity index (χ2n) is 7.65. The molecule has 130 valence electrons. The zero-order chi connectivity index (χ0) is 18.2. The van der Waals surface area contributed by atoms with Crippen molar-refractivity contribution in [1.29, 1.82) is 0 Å². The van der Waals surface area contributed by atoms with Crippen molar-refractivity contribution in [3.63, 3.8) is 0 Å². The predicted octanol–water partition coefficient (Wildman–Crippen LogP) is 5.38. The Hall–Kier alpha value is -2.16. The van der Waals surface area contributed by atoms with Gasteiger partial charge in [0, 0.05) is 11.0 Å². The molecule has 0 radical (unpaired) electrons. The van der Waals surface area contributed by atoms with Gasteiger partial charge < -0.3 is 15.3 Å². The van der Waals surface area contributed by atoms with Crippen LogP contribution in [0.5, 0.6) is 17.2 Å². The van der Waals surface area contributed by atoms with Gasteiger partial charge in [0.2, 0.25) is 5.75 Å². The SMILES string of the molecule is CC(C)c1cc(C(C)C)cc(C(C)(C)c2ccc(O)c(O)c2O)c1. The average Bonchev–Trinajstić information content (AvgIpc) is 2.51. The lowest BCUT2D eigenvalue weighted by Gasteiger charge is -2.29. The maximum absolute atomic E-state index is 10.3. The summed E-state index contributed by atoms with van der Waals surface area (Å²) in [6, 6.07) is 9.66. The smallest absolute Gasteiger partial charge is 0.200 e. The fourth-order valence-corrected chi connectivity index (χ4v) is 2.93. The molecule has 0 bridgehead atoms. The first-order valence-electron chi connectivity index (χ1n) is 8.45. The zero-order valence-electron chi connectivity index (χ0n) is 15.4. The fraction of sp³-hybridized carbons (Fsp3) is 0.429. The Kier molecular flexibility index (Phi) is 4.84. The van der Waals surface area contributed by atoms with Crippen molar-refractivity contribution < 1.29 is 15.3 Å². The highest BCUT2D eigenvalue weighted by Crippen LogP contribution is 2.45. The van der Waals surface area contributed by atoms with E-state index in [-0.39, 0.29) is 11.5 Å². The molecule has 0 saturated carbocycles. The summed E-state index contributed by atoms with van der Waals surface area (Å²) < 4.78 is 0. The first kappa shape index (κ1) is 18.2. The molecular weight excluding hydrogens is 300 g/mol. The molecule has 0 aliphatic rings. The molecule has 0 heterocycles. The lowest BCUT2D eigenvalue weighted by Crippen LogP contribution is -2.20. The largest absolute Gasteiger partial charge is 0.504 e. The second kappa shape index (κ2) is 6.39. The first-order chi connectivity index (χ1) is 11.1. The molecule has 0 fully saturated rings. The van der Waals surface area contributed by atoms with Crippen LogP contribution < -0.4 is 0 Å². The third-order valence-corrected chi connectivity index (χ3v) is 4.84. The van der Waals surface area contributed by atoms with Gasteiger partial charge in [-0.1, -0.05) is 65.8 Å². The maximum atomic E-state index is 10.3. The van der Waals surface area contributed by atoms with Crippen LogP contribution in [0.4, 0.5) is 0 Å². The number of hydrogen-bond donors (Lipinski definition) is 3. The molecule has 0 aromatic heterocycles. The third-order valence-electron chi connectivity index (χ3n) is 4.84. The summed E-state index contributed by atoms with van der Waals surface area (Å²) in [4.78, 5) is 0. The standard InChI is InChI=1S/C21H28O3/c1-12(2)14-9-15(13(3)4)11-16(10-14)21(5,6)17-7-8-18(22)20(24)19(17)23/h7-13,22-24H,1-6H3. The molecule has 3 N–H and O–H groups in total. The Balaban J connectivity index is 2.67. The summed E-state index contributed by atoms with van der Waals surface area (Å²) in [6.45, 7) is 12.7. The van der Waals surface area contributed by atoms with Crippen molar-refractivity contribution in [3.05, 3.63) is 52.6 Å². The van der Waals surface area contributed by atoms with E-state index in [4.69, 9.17) is 0 Å². The van der Waals surface area contributed by atoms with E-state index in [1.165, 1.54) is 17.2 Å². The fourth-order valence-electron chi connectivity index (χ4n) is 2.93. The van der Waals surface area contributed by atoms with Gasteiger partial charge in [-0.15, -0.1) is 0 Å². The van der Waals surface area contributed by atoms with Crippen LogP contribution in [0.25, 0.3) is 0 Å². The van der Waals surface area contributed by atoms with Crippen LogP contribution in [0.1, 0.15) is 75.6 Å². The highest BCUT2D eigenvalue weighted by Gasteiger charge is 2.29. The molecule has 2 aromatic carbocycles. The topological polar surface area (TPSA) is 60.7 Å². The molecule has 0 atom stereocenters. The second-order valence-corrected chi connectivity index (χ2v) is 7.65. The molecule has 0 saturated heterocycles. The molecule has 0 amide bonds. The molecule has 0 unspecified atom stereocenters. The number of hydrogen-bond acceptors (Lipinski definition) is 3. The van der Waals surface area contributed by atoms with E-state index in [0.717, 1.165) is 5.56 Å². The number of aromatic hydroxyl groups is 3. The van der Waals surface area contributed by atoms with E-state index >= 15 is 0 Å². The Morgan fingerprint density at radius 1 is 0.750 bits per heavy atom. The highest BCUT2D eigenvalue weighted by atomic mass is 16.3. The van der Waals surface area contributed by atoms with Gasteiger partial charge in [-0.25, -0.2) is 0 Å². The van der Waals surface area contributed by atoms with Crippen LogP contribution in [0.15, 0.2) is 30.3 Å². The zero-order valence-corrected chi connectivity index (χ0v) is 15.4. The van der Waals surface area contributed by atoms with Crippen LogP contribution >= 0.6 is 0 Å². The van der Waals surface area contributed by atoms with Crippen molar-refractivity contribution in [2.45, 2.75) is 58.8 Å².